The van der Waals surface area contributed by atoms with Crippen molar-refractivity contribution in [2.45, 2.75) is 39.1 Å². The molecule has 3 rings (SSSR count). The molecule has 0 radical (unpaired) electrons. The number of hydrogen-bond donors (Lipinski definition) is 0. The van der Waals surface area contributed by atoms with Crippen molar-refractivity contribution in [2.75, 3.05) is 7.11 Å². The van der Waals surface area contributed by atoms with E-state index in [1.54, 1.807) is 7.11 Å². The third kappa shape index (κ3) is 2.18. The predicted molar refractivity (Wildman–Crippen MR) is 82.3 cm³/mol. The second kappa shape index (κ2) is 4.96. The smallest absolute Gasteiger partial charge is 0.124 e. The highest BCUT2D eigenvalue weighted by Gasteiger charge is 2.46. The van der Waals surface area contributed by atoms with Crippen LogP contribution in [0.1, 0.15) is 32.5 Å². The van der Waals surface area contributed by atoms with Crippen molar-refractivity contribution in [1.82, 2.24) is 9.55 Å². The van der Waals surface area contributed by atoms with E-state index >= 15 is 0 Å². The maximum atomic E-state index is 6.09. The molecule has 1 saturated carbocycles. The number of methoxy groups -OCH3 is 1. The van der Waals surface area contributed by atoms with Crippen LogP contribution in [-0.2, 0) is 12.4 Å². The summed E-state index contributed by atoms with van der Waals surface area (Å²) >= 11 is 6.09. The molecule has 3 nitrogen and oxygen atoms in total. The summed E-state index contributed by atoms with van der Waals surface area (Å²) in [4.78, 5) is 4.65. The molecular formula is C16H21ClN2O. The average Bonchev–Trinajstić information content (AvgIpc) is 3.16. The lowest BCUT2D eigenvalue weighted by molar-refractivity contribution is 0.309. The summed E-state index contributed by atoms with van der Waals surface area (Å²) in [6.07, 6.45) is 2.60. The molecule has 2 aromatic rings. The fraction of sp³-hybridized carbons (Fsp3) is 0.562. The van der Waals surface area contributed by atoms with Crippen LogP contribution < -0.4 is 4.74 Å². The van der Waals surface area contributed by atoms with Gasteiger partial charge >= 0.3 is 0 Å². The second-order valence-electron chi connectivity index (χ2n) is 6.12. The van der Waals surface area contributed by atoms with Gasteiger partial charge in [0, 0.05) is 12.6 Å². The Kier molecular flexibility index (Phi) is 3.41. The molecule has 1 aliphatic rings. The molecule has 0 amide bonds. The van der Waals surface area contributed by atoms with Gasteiger partial charge < -0.3 is 9.30 Å². The highest BCUT2D eigenvalue weighted by molar-refractivity contribution is 6.16. The standard InChI is InChI=1S/C16H21ClN2O/c1-11(2)16(6-7-16)10-19-14-8-12(20-3)4-5-13(14)18-15(19)9-17/h4-5,8,11H,6-7,9-10H2,1-3H3. The number of halogens is 1. The lowest BCUT2D eigenvalue weighted by atomic mass is 9.92. The maximum absolute atomic E-state index is 6.09. The molecule has 1 aromatic carbocycles. The van der Waals surface area contributed by atoms with Gasteiger partial charge in [0.2, 0.25) is 0 Å². The molecule has 0 N–H and O–H groups in total. The highest BCUT2D eigenvalue weighted by atomic mass is 35.5. The number of benzene rings is 1. The van der Waals surface area contributed by atoms with Gasteiger partial charge in [0.25, 0.3) is 0 Å². The molecule has 4 heteroatoms. The molecule has 1 heterocycles. The van der Waals surface area contributed by atoms with Gasteiger partial charge in [-0.2, -0.15) is 0 Å². The van der Waals surface area contributed by atoms with Crippen LogP contribution in [0.3, 0.4) is 0 Å². The number of fused-ring (bicyclic) bond motifs is 1. The van der Waals surface area contributed by atoms with Crippen molar-refractivity contribution in [3.8, 4) is 5.75 Å². The van der Waals surface area contributed by atoms with E-state index < -0.39 is 0 Å². The first-order chi connectivity index (χ1) is 9.59. The van der Waals surface area contributed by atoms with E-state index in [1.807, 2.05) is 12.1 Å². The van der Waals surface area contributed by atoms with Gasteiger partial charge in [0.15, 0.2) is 0 Å². The van der Waals surface area contributed by atoms with Gasteiger partial charge in [0.1, 0.15) is 11.6 Å². The summed E-state index contributed by atoms with van der Waals surface area (Å²) < 4.78 is 7.63. The Morgan fingerprint density at radius 2 is 2.15 bits per heavy atom. The minimum absolute atomic E-state index is 0.428. The molecular weight excluding hydrogens is 272 g/mol. The third-order valence-corrected chi connectivity index (χ3v) is 4.98. The van der Waals surface area contributed by atoms with Crippen molar-refractivity contribution in [3.05, 3.63) is 24.0 Å². The van der Waals surface area contributed by atoms with Crippen molar-refractivity contribution in [2.24, 2.45) is 11.3 Å². The van der Waals surface area contributed by atoms with Gasteiger partial charge in [-0.05, 0) is 36.3 Å². The lowest BCUT2D eigenvalue weighted by Gasteiger charge is -2.21. The molecule has 0 atom stereocenters. The maximum Gasteiger partial charge on any atom is 0.124 e. The predicted octanol–water partition coefficient (Wildman–Crippen LogP) is 4.22. The second-order valence-corrected chi connectivity index (χ2v) is 6.39. The molecule has 0 bridgehead atoms. The quantitative estimate of drug-likeness (QED) is 0.772. The molecule has 1 fully saturated rings. The number of aromatic nitrogens is 2. The van der Waals surface area contributed by atoms with Crippen LogP contribution in [0.5, 0.6) is 5.75 Å². The van der Waals surface area contributed by atoms with Crippen LogP contribution in [0, 0.1) is 11.3 Å². The first-order valence-corrected chi connectivity index (χ1v) is 7.72. The van der Waals surface area contributed by atoms with Gasteiger partial charge in [0.05, 0.1) is 24.0 Å². The van der Waals surface area contributed by atoms with E-state index in [0.717, 1.165) is 29.2 Å². The van der Waals surface area contributed by atoms with Gasteiger partial charge in [-0.15, -0.1) is 11.6 Å². The first kappa shape index (κ1) is 13.7. The summed E-state index contributed by atoms with van der Waals surface area (Å²) in [5.41, 5.74) is 2.56. The van der Waals surface area contributed by atoms with Gasteiger partial charge in [-0.1, -0.05) is 13.8 Å². The van der Waals surface area contributed by atoms with Crippen molar-refractivity contribution in [1.29, 1.82) is 0 Å². The van der Waals surface area contributed by atoms with E-state index in [1.165, 1.54) is 12.8 Å². The first-order valence-electron chi connectivity index (χ1n) is 7.19. The summed E-state index contributed by atoms with van der Waals surface area (Å²) in [7, 11) is 1.70. The minimum Gasteiger partial charge on any atom is -0.497 e. The van der Waals surface area contributed by atoms with Gasteiger partial charge in [-0.3, -0.25) is 0 Å². The molecule has 108 valence electrons. The summed E-state index contributed by atoms with van der Waals surface area (Å²) in [6.45, 7) is 5.64. The number of alkyl halides is 1. The largest absolute Gasteiger partial charge is 0.497 e. The van der Waals surface area contributed by atoms with E-state index in [0.29, 0.717) is 17.2 Å². The summed E-state index contributed by atoms with van der Waals surface area (Å²) in [5, 5.41) is 0. The molecule has 1 aliphatic carbocycles. The third-order valence-electron chi connectivity index (χ3n) is 4.74. The lowest BCUT2D eigenvalue weighted by Crippen LogP contribution is -2.19. The van der Waals surface area contributed by atoms with Crippen molar-refractivity contribution < 1.29 is 4.74 Å². The van der Waals surface area contributed by atoms with Crippen LogP contribution in [0.2, 0.25) is 0 Å². The topological polar surface area (TPSA) is 27.1 Å². The van der Waals surface area contributed by atoms with Crippen LogP contribution in [0.4, 0.5) is 0 Å². The Labute approximate surface area is 124 Å². The Hall–Kier alpha value is -1.22. The monoisotopic (exact) mass is 292 g/mol. The minimum atomic E-state index is 0.428. The van der Waals surface area contributed by atoms with E-state index in [-0.39, 0.29) is 0 Å². The Morgan fingerprint density at radius 3 is 2.70 bits per heavy atom. The van der Waals surface area contributed by atoms with Crippen LogP contribution in [0.25, 0.3) is 11.0 Å². The zero-order chi connectivity index (χ0) is 14.3. The molecule has 0 aliphatic heterocycles. The number of ether oxygens (including phenoxy) is 1. The fourth-order valence-electron chi connectivity index (χ4n) is 2.95. The van der Waals surface area contributed by atoms with Crippen LogP contribution in [-0.4, -0.2) is 16.7 Å². The van der Waals surface area contributed by atoms with E-state index in [2.05, 4.69) is 29.5 Å². The van der Waals surface area contributed by atoms with Gasteiger partial charge in [-0.25, -0.2) is 4.98 Å². The van der Waals surface area contributed by atoms with Crippen molar-refractivity contribution in [3.63, 3.8) is 0 Å². The Bertz CT molecular complexity index is 629. The SMILES string of the molecule is COc1ccc2nc(CCl)n(CC3(C(C)C)CC3)c2c1. The van der Waals surface area contributed by atoms with E-state index in [4.69, 9.17) is 16.3 Å². The van der Waals surface area contributed by atoms with E-state index in [9.17, 15) is 0 Å². The highest BCUT2D eigenvalue weighted by Crippen LogP contribution is 2.53. The number of imidazole rings is 1. The Morgan fingerprint density at radius 1 is 1.40 bits per heavy atom. The number of nitrogens with zero attached hydrogens (tertiary/aromatic N) is 2. The Balaban J connectivity index is 2.07. The molecule has 0 spiro atoms. The van der Waals surface area contributed by atoms with Crippen LogP contribution >= 0.6 is 11.6 Å². The zero-order valence-corrected chi connectivity index (χ0v) is 13.1. The number of hydrogen-bond acceptors (Lipinski definition) is 2. The summed E-state index contributed by atoms with van der Waals surface area (Å²) in [5.74, 6) is 2.97. The number of rotatable bonds is 5. The van der Waals surface area contributed by atoms with Crippen LogP contribution in [0.15, 0.2) is 18.2 Å². The molecule has 20 heavy (non-hydrogen) atoms. The normalized spacial score (nSPS) is 16.9. The van der Waals surface area contributed by atoms with Crippen molar-refractivity contribution >= 4 is 22.6 Å². The average molecular weight is 293 g/mol. The summed E-state index contributed by atoms with van der Waals surface area (Å²) in [6, 6.07) is 6.03. The zero-order valence-electron chi connectivity index (χ0n) is 12.3. The molecule has 0 saturated heterocycles. The fourth-order valence-corrected chi connectivity index (χ4v) is 3.16. The molecule has 1 aromatic heterocycles. The molecule has 0 unspecified atom stereocenters.